The minimum Gasteiger partial charge on any atom is -0.310 e. The average molecular weight is 210 g/mol. The maximum absolute atomic E-state index is 3.86. The predicted octanol–water partition coefficient (Wildman–Crippen LogP) is 2.25. The van der Waals surface area contributed by atoms with E-state index in [1.54, 1.807) is 0 Å². The summed E-state index contributed by atoms with van der Waals surface area (Å²) in [5.74, 6) is 1.05. The van der Waals surface area contributed by atoms with Gasteiger partial charge in [0.1, 0.15) is 0 Å². The number of nitrogens with zero attached hydrogens (tertiary/aromatic N) is 1. The van der Waals surface area contributed by atoms with E-state index in [0.717, 1.165) is 24.0 Å². The van der Waals surface area contributed by atoms with E-state index in [0.29, 0.717) is 0 Å². The van der Waals surface area contributed by atoms with Gasteiger partial charge in [0.05, 0.1) is 0 Å². The van der Waals surface area contributed by atoms with E-state index in [-0.39, 0.29) is 0 Å². The summed E-state index contributed by atoms with van der Waals surface area (Å²) in [4.78, 5) is 2.47. The molecule has 0 spiro atoms. The molecular formula is C13H26N2. The van der Waals surface area contributed by atoms with Gasteiger partial charge in [0, 0.05) is 24.7 Å². The Bertz CT molecular complexity index is 188. The number of hydrogen-bond acceptors (Lipinski definition) is 2. The number of likely N-dealkylation sites (tertiary alicyclic amines) is 1. The van der Waals surface area contributed by atoms with Gasteiger partial charge in [-0.2, -0.15) is 0 Å². The zero-order chi connectivity index (χ0) is 10.8. The summed E-state index contributed by atoms with van der Waals surface area (Å²) in [5, 5.41) is 3.86. The number of rotatable bonds is 5. The molecule has 1 saturated carbocycles. The fourth-order valence-electron chi connectivity index (χ4n) is 2.76. The van der Waals surface area contributed by atoms with Crippen LogP contribution in [0.3, 0.4) is 0 Å². The number of likely N-dealkylation sites (N-methyl/N-ethyl adjacent to an activating group) is 1. The normalized spacial score (nSPS) is 34.6. The second kappa shape index (κ2) is 4.84. The van der Waals surface area contributed by atoms with Crippen LogP contribution in [0.4, 0.5) is 0 Å². The van der Waals surface area contributed by atoms with Crippen molar-refractivity contribution < 1.29 is 0 Å². The molecule has 88 valence electrons. The third-order valence-corrected chi connectivity index (χ3v) is 4.17. The molecule has 1 saturated heterocycles. The highest BCUT2D eigenvalue weighted by molar-refractivity contribution is 4.88. The van der Waals surface area contributed by atoms with Gasteiger partial charge < -0.3 is 10.2 Å². The van der Waals surface area contributed by atoms with Crippen molar-refractivity contribution in [3.8, 4) is 0 Å². The predicted molar refractivity (Wildman–Crippen MR) is 65.1 cm³/mol. The van der Waals surface area contributed by atoms with Crippen molar-refractivity contribution in [1.29, 1.82) is 0 Å². The summed E-state index contributed by atoms with van der Waals surface area (Å²) in [6.45, 7) is 5.90. The lowest BCUT2D eigenvalue weighted by molar-refractivity contribution is 0.321. The van der Waals surface area contributed by atoms with Crippen LogP contribution in [0.5, 0.6) is 0 Å². The molecule has 0 aromatic rings. The summed E-state index contributed by atoms with van der Waals surface area (Å²) in [7, 11) is 2.24. The lowest BCUT2D eigenvalue weighted by Gasteiger charge is -2.21. The fourth-order valence-corrected chi connectivity index (χ4v) is 2.76. The molecule has 1 heterocycles. The van der Waals surface area contributed by atoms with Gasteiger partial charge in [0.15, 0.2) is 0 Å². The van der Waals surface area contributed by atoms with Gasteiger partial charge >= 0.3 is 0 Å². The van der Waals surface area contributed by atoms with Gasteiger partial charge in [-0.1, -0.05) is 19.8 Å². The zero-order valence-corrected chi connectivity index (χ0v) is 10.5. The van der Waals surface area contributed by atoms with Crippen LogP contribution in [0.15, 0.2) is 0 Å². The smallest absolute Gasteiger partial charge is 0.0212 e. The molecule has 2 fully saturated rings. The molecule has 0 bridgehead atoms. The maximum atomic E-state index is 3.86. The summed E-state index contributed by atoms with van der Waals surface area (Å²) >= 11 is 0. The number of hydrogen-bond donors (Lipinski definition) is 1. The van der Waals surface area contributed by atoms with E-state index in [2.05, 4.69) is 31.1 Å². The van der Waals surface area contributed by atoms with Crippen molar-refractivity contribution in [1.82, 2.24) is 10.2 Å². The third-order valence-electron chi connectivity index (χ3n) is 4.17. The first kappa shape index (κ1) is 11.4. The molecule has 0 radical (unpaired) electrons. The lowest BCUT2D eigenvalue weighted by atomic mass is 10.1. The molecule has 3 unspecified atom stereocenters. The molecule has 2 aliphatic rings. The van der Waals surface area contributed by atoms with Crippen molar-refractivity contribution in [2.75, 3.05) is 13.6 Å². The Kier molecular flexibility index (Phi) is 3.68. The number of nitrogens with one attached hydrogen (secondary N) is 1. The van der Waals surface area contributed by atoms with Crippen molar-refractivity contribution in [3.63, 3.8) is 0 Å². The van der Waals surface area contributed by atoms with Crippen molar-refractivity contribution >= 4 is 0 Å². The molecule has 3 atom stereocenters. The first-order valence-electron chi connectivity index (χ1n) is 6.65. The second-order valence-corrected chi connectivity index (χ2v) is 5.67. The standard InChI is InChI=1S/C13H26N2/c1-4-12(8-11-5-6-11)14-13-7-10(2)15(3)9-13/h10-14H,4-9H2,1-3H3. The van der Waals surface area contributed by atoms with E-state index < -0.39 is 0 Å². The Morgan fingerprint density at radius 1 is 1.40 bits per heavy atom. The van der Waals surface area contributed by atoms with Gasteiger partial charge in [-0.15, -0.1) is 0 Å². The quantitative estimate of drug-likeness (QED) is 0.749. The first-order valence-corrected chi connectivity index (χ1v) is 6.65. The largest absolute Gasteiger partial charge is 0.310 e. The summed E-state index contributed by atoms with van der Waals surface area (Å²) in [5.41, 5.74) is 0. The minimum absolute atomic E-state index is 0.744. The molecule has 2 nitrogen and oxygen atoms in total. The van der Waals surface area contributed by atoms with E-state index in [4.69, 9.17) is 0 Å². The molecule has 2 rings (SSSR count). The van der Waals surface area contributed by atoms with Gasteiger partial charge in [-0.3, -0.25) is 0 Å². The first-order chi connectivity index (χ1) is 7.19. The zero-order valence-electron chi connectivity index (χ0n) is 10.5. The highest BCUT2D eigenvalue weighted by Gasteiger charge is 2.30. The van der Waals surface area contributed by atoms with Crippen LogP contribution >= 0.6 is 0 Å². The summed E-state index contributed by atoms with van der Waals surface area (Å²) in [6.07, 6.45) is 7.02. The van der Waals surface area contributed by atoms with E-state index in [1.807, 2.05) is 0 Å². The summed E-state index contributed by atoms with van der Waals surface area (Å²) < 4.78 is 0. The van der Waals surface area contributed by atoms with E-state index >= 15 is 0 Å². The van der Waals surface area contributed by atoms with Crippen LogP contribution in [0.1, 0.15) is 46.0 Å². The van der Waals surface area contributed by atoms with Crippen LogP contribution in [-0.2, 0) is 0 Å². The van der Waals surface area contributed by atoms with Gasteiger partial charge in [-0.05, 0) is 39.2 Å². The van der Waals surface area contributed by atoms with Gasteiger partial charge in [0.2, 0.25) is 0 Å². The van der Waals surface area contributed by atoms with Crippen LogP contribution in [-0.4, -0.2) is 36.6 Å². The Hall–Kier alpha value is -0.0800. The maximum Gasteiger partial charge on any atom is 0.0212 e. The average Bonchev–Trinajstić information content (AvgIpc) is 2.94. The molecule has 1 N–H and O–H groups in total. The molecule has 0 amide bonds. The molecule has 2 heteroatoms. The Balaban J connectivity index is 1.74. The Morgan fingerprint density at radius 3 is 2.60 bits per heavy atom. The second-order valence-electron chi connectivity index (χ2n) is 5.67. The Morgan fingerprint density at radius 2 is 2.13 bits per heavy atom. The monoisotopic (exact) mass is 210 g/mol. The summed E-state index contributed by atoms with van der Waals surface area (Å²) in [6, 6.07) is 2.29. The van der Waals surface area contributed by atoms with Crippen LogP contribution in [0.2, 0.25) is 0 Å². The van der Waals surface area contributed by atoms with Crippen LogP contribution in [0, 0.1) is 5.92 Å². The highest BCUT2D eigenvalue weighted by atomic mass is 15.2. The van der Waals surface area contributed by atoms with Crippen molar-refractivity contribution in [2.45, 2.75) is 64.1 Å². The van der Waals surface area contributed by atoms with Gasteiger partial charge in [0.25, 0.3) is 0 Å². The van der Waals surface area contributed by atoms with Crippen molar-refractivity contribution in [2.24, 2.45) is 5.92 Å². The molecule has 0 aromatic heterocycles. The molecule has 1 aliphatic heterocycles. The molecule has 1 aliphatic carbocycles. The molecular weight excluding hydrogens is 184 g/mol. The lowest BCUT2D eigenvalue weighted by Crippen LogP contribution is -2.39. The fraction of sp³-hybridized carbons (Fsp3) is 1.00. The SMILES string of the molecule is CCC(CC1CC1)NC1CC(C)N(C)C1. The van der Waals surface area contributed by atoms with Crippen LogP contribution in [0.25, 0.3) is 0 Å². The van der Waals surface area contributed by atoms with Gasteiger partial charge in [-0.25, -0.2) is 0 Å². The van der Waals surface area contributed by atoms with E-state index in [9.17, 15) is 0 Å². The topological polar surface area (TPSA) is 15.3 Å². The van der Waals surface area contributed by atoms with E-state index in [1.165, 1.54) is 38.6 Å². The van der Waals surface area contributed by atoms with Crippen molar-refractivity contribution in [3.05, 3.63) is 0 Å². The molecule has 0 aromatic carbocycles. The van der Waals surface area contributed by atoms with Crippen LogP contribution < -0.4 is 5.32 Å². The minimum atomic E-state index is 0.744. The Labute approximate surface area is 94.4 Å². The molecule has 15 heavy (non-hydrogen) atoms. The third kappa shape index (κ3) is 3.18. The highest BCUT2D eigenvalue weighted by Crippen LogP contribution is 2.34.